The molecule has 4 N–H and O–H groups in total. The van der Waals surface area contributed by atoms with Crippen LogP contribution < -0.4 is 11.1 Å². The third-order valence-electron chi connectivity index (χ3n) is 2.50. The highest BCUT2D eigenvalue weighted by Crippen LogP contribution is 2.25. The quantitative estimate of drug-likeness (QED) is 0.749. The molecule has 100 valence electrons. The molecule has 0 amide bonds. The van der Waals surface area contributed by atoms with E-state index in [1.54, 1.807) is 0 Å². The number of nitrogen functional groups attached to an aromatic ring is 1. The zero-order valence-corrected chi connectivity index (χ0v) is 10.9. The molecule has 19 heavy (non-hydrogen) atoms. The Bertz CT molecular complexity index is 627. The van der Waals surface area contributed by atoms with Gasteiger partial charge in [-0.05, 0) is 19.1 Å². The van der Waals surface area contributed by atoms with Crippen LogP contribution in [-0.2, 0) is 6.54 Å². The van der Waals surface area contributed by atoms with Gasteiger partial charge in [0.25, 0.3) is 0 Å². The van der Waals surface area contributed by atoms with Crippen LogP contribution in [0.15, 0.2) is 17.5 Å². The number of hydrogen-bond donors (Lipinski definition) is 3. The first kappa shape index (κ1) is 13.3. The Hall–Kier alpha value is -2.15. The minimum absolute atomic E-state index is 0.256. The van der Waals surface area contributed by atoms with Gasteiger partial charge in [-0.2, -0.15) is 0 Å². The van der Waals surface area contributed by atoms with E-state index in [2.05, 4.69) is 10.3 Å². The monoisotopic (exact) mass is 281 g/mol. The maximum atomic E-state index is 13.3. The lowest BCUT2D eigenvalue weighted by atomic mass is 10.1. The van der Waals surface area contributed by atoms with Crippen LogP contribution in [0, 0.1) is 12.7 Å². The number of aryl methyl sites for hydroxylation is 1. The van der Waals surface area contributed by atoms with Crippen molar-refractivity contribution in [2.24, 2.45) is 0 Å². The van der Waals surface area contributed by atoms with Crippen molar-refractivity contribution in [3.05, 3.63) is 39.6 Å². The molecular weight excluding hydrogens is 269 g/mol. The number of nitrogens with two attached hydrogens (primary N) is 1. The highest BCUT2D eigenvalue weighted by molar-refractivity contribution is 7.09. The van der Waals surface area contributed by atoms with Gasteiger partial charge in [-0.1, -0.05) is 0 Å². The van der Waals surface area contributed by atoms with Gasteiger partial charge in [0.15, 0.2) is 0 Å². The first-order valence-corrected chi connectivity index (χ1v) is 6.33. The van der Waals surface area contributed by atoms with Gasteiger partial charge < -0.3 is 16.2 Å². The molecule has 1 aromatic heterocycles. The second-order valence-corrected chi connectivity index (χ2v) is 4.87. The normalized spacial score (nSPS) is 10.4. The number of benzene rings is 1. The summed E-state index contributed by atoms with van der Waals surface area (Å²) in [6.45, 7) is 2.24. The topological polar surface area (TPSA) is 88.2 Å². The smallest absolute Gasteiger partial charge is 0.340 e. The lowest BCUT2D eigenvalue weighted by molar-refractivity contribution is 0.0698. The number of carboxylic acids is 1. The zero-order valence-electron chi connectivity index (χ0n) is 10.1. The number of rotatable bonds is 4. The standard InChI is InChI=1S/C12H12FN3O2S/c1-6-5-19-9(16-6)4-15-8-3-2-7(13)11(14)10(8)12(17)18/h2-3,5,15H,4,14H2,1H3,(H,17,18). The largest absolute Gasteiger partial charge is 0.478 e. The van der Waals surface area contributed by atoms with E-state index in [4.69, 9.17) is 10.8 Å². The van der Waals surface area contributed by atoms with Gasteiger partial charge in [0.2, 0.25) is 0 Å². The van der Waals surface area contributed by atoms with Crippen LogP contribution in [0.25, 0.3) is 0 Å². The first-order chi connectivity index (χ1) is 8.99. The van der Waals surface area contributed by atoms with Crippen molar-refractivity contribution < 1.29 is 14.3 Å². The van der Waals surface area contributed by atoms with Crippen molar-refractivity contribution in [2.75, 3.05) is 11.1 Å². The Morgan fingerprint density at radius 1 is 1.58 bits per heavy atom. The summed E-state index contributed by atoms with van der Waals surface area (Å²) in [4.78, 5) is 15.4. The number of halogens is 1. The maximum absolute atomic E-state index is 13.3. The zero-order chi connectivity index (χ0) is 14.0. The molecule has 0 saturated heterocycles. The fraction of sp³-hybridized carbons (Fsp3) is 0.167. The third kappa shape index (κ3) is 2.82. The molecule has 2 rings (SSSR count). The maximum Gasteiger partial charge on any atom is 0.340 e. The van der Waals surface area contributed by atoms with Crippen LogP contribution in [0.4, 0.5) is 15.8 Å². The van der Waals surface area contributed by atoms with E-state index in [0.29, 0.717) is 6.54 Å². The fourth-order valence-electron chi connectivity index (χ4n) is 1.63. The molecule has 0 aliphatic carbocycles. The lowest BCUT2D eigenvalue weighted by Gasteiger charge is -2.11. The van der Waals surface area contributed by atoms with Gasteiger partial charge in [-0.3, -0.25) is 0 Å². The molecule has 0 aliphatic heterocycles. The Kier molecular flexibility index (Phi) is 3.66. The molecule has 0 radical (unpaired) electrons. The Balaban J connectivity index is 2.25. The second kappa shape index (κ2) is 5.23. The number of carboxylic acid groups (broad SMARTS) is 1. The molecule has 0 atom stereocenters. The molecule has 5 nitrogen and oxygen atoms in total. The average Bonchev–Trinajstić information content (AvgIpc) is 2.76. The average molecular weight is 281 g/mol. The van der Waals surface area contributed by atoms with Crippen molar-refractivity contribution in [1.82, 2.24) is 4.98 Å². The van der Waals surface area contributed by atoms with Gasteiger partial charge in [-0.25, -0.2) is 14.2 Å². The molecular formula is C12H12FN3O2S. The van der Waals surface area contributed by atoms with Gasteiger partial charge in [0.05, 0.1) is 17.9 Å². The van der Waals surface area contributed by atoms with Crippen LogP contribution in [0.2, 0.25) is 0 Å². The van der Waals surface area contributed by atoms with Gasteiger partial charge in [0, 0.05) is 11.1 Å². The number of nitrogens with one attached hydrogen (secondary N) is 1. The molecule has 0 unspecified atom stereocenters. The number of carbonyl (C=O) groups is 1. The lowest BCUT2D eigenvalue weighted by Crippen LogP contribution is -2.10. The van der Waals surface area contributed by atoms with Crippen LogP contribution in [-0.4, -0.2) is 16.1 Å². The Labute approximate surface area is 112 Å². The van der Waals surface area contributed by atoms with Gasteiger partial charge in [-0.15, -0.1) is 11.3 Å². The number of aromatic carboxylic acids is 1. The minimum atomic E-state index is -1.27. The predicted molar refractivity (Wildman–Crippen MR) is 71.9 cm³/mol. The van der Waals surface area contributed by atoms with E-state index in [-0.39, 0.29) is 16.9 Å². The van der Waals surface area contributed by atoms with Crippen LogP contribution >= 0.6 is 11.3 Å². The number of anilines is 2. The molecule has 0 bridgehead atoms. The molecule has 2 aromatic rings. The molecule has 1 heterocycles. The molecule has 0 fully saturated rings. The van der Waals surface area contributed by atoms with E-state index in [9.17, 15) is 9.18 Å². The second-order valence-electron chi connectivity index (χ2n) is 3.92. The van der Waals surface area contributed by atoms with Crippen molar-refractivity contribution in [1.29, 1.82) is 0 Å². The summed E-state index contributed by atoms with van der Waals surface area (Å²) >= 11 is 1.46. The summed E-state index contributed by atoms with van der Waals surface area (Å²) in [6.07, 6.45) is 0. The molecule has 0 aliphatic rings. The summed E-state index contributed by atoms with van der Waals surface area (Å²) < 4.78 is 13.3. The van der Waals surface area contributed by atoms with E-state index < -0.39 is 11.8 Å². The highest BCUT2D eigenvalue weighted by atomic mass is 32.1. The van der Waals surface area contributed by atoms with Gasteiger partial charge in [0.1, 0.15) is 16.4 Å². The van der Waals surface area contributed by atoms with Crippen LogP contribution in [0.5, 0.6) is 0 Å². The highest BCUT2D eigenvalue weighted by Gasteiger charge is 2.17. The van der Waals surface area contributed by atoms with E-state index in [1.165, 1.54) is 17.4 Å². The number of hydrogen-bond acceptors (Lipinski definition) is 5. The van der Waals surface area contributed by atoms with Crippen LogP contribution in [0.1, 0.15) is 21.1 Å². The summed E-state index contributed by atoms with van der Waals surface area (Å²) in [5.41, 5.74) is 6.00. The molecule has 7 heteroatoms. The minimum Gasteiger partial charge on any atom is -0.478 e. The SMILES string of the molecule is Cc1csc(CNc2ccc(F)c(N)c2C(=O)O)n1. The molecule has 0 saturated carbocycles. The predicted octanol–water partition coefficient (Wildman–Crippen LogP) is 2.48. The Morgan fingerprint density at radius 3 is 2.89 bits per heavy atom. The van der Waals surface area contributed by atoms with E-state index >= 15 is 0 Å². The summed E-state index contributed by atoms with van der Waals surface area (Å²) in [5.74, 6) is -2.01. The van der Waals surface area contributed by atoms with Gasteiger partial charge >= 0.3 is 5.97 Å². The third-order valence-corrected chi connectivity index (χ3v) is 3.47. The summed E-state index contributed by atoms with van der Waals surface area (Å²) in [5, 5.41) is 14.7. The Morgan fingerprint density at radius 2 is 2.32 bits per heavy atom. The van der Waals surface area contributed by atoms with Crippen molar-refractivity contribution in [3.8, 4) is 0 Å². The van der Waals surface area contributed by atoms with Crippen molar-refractivity contribution in [2.45, 2.75) is 13.5 Å². The van der Waals surface area contributed by atoms with Crippen molar-refractivity contribution in [3.63, 3.8) is 0 Å². The van der Waals surface area contributed by atoms with E-state index in [0.717, 1.165) is 16.8 Å². The summed E-state index contributed by atoms with van der Waals surface area (Å²) in [7, 11) is 0. The number of nitrogens with zero attached hydrogens (tertiary/aromatic N) is 1. The first-order valence-electron chi connectivity index (χ1n) is 5.45. The molecule has 0 spiro atoms. The number of aromatic nitrogens is 1. The number of thiazole rings is 1. The van der Waals surface area contributed by atoms with Crippen LogP contribution in [0.3, 0.4) is 0 Å². The van der Waals surface area contributed by atoms with Crippen molar-refractivity contribution >= 4 is 28.7 Å². The van der Waals surface area contributed by atoms with E-state index in [1.807, 2.05) is 12.3 Å². The summed E-state index contributed by atoms with van der Waals surface area (Å²) in [6, 6.07) is 2.49. The molecule has 1 aromatic carbocycles. The fourth-order valence-corrected chi connectivity index (χ4v) is 2.34.